The molecule has 14 heavy (non-hydrogen) atoms. The summed E-state index contributed by atoms with van der Waals surface area (Å²) < 4.78 is 27.9. The maximum atomic E-state index is 11.2. The average molecular weight is 218 g/mol. The Labute approximate surface area is 86.1 Å². The molecule has 0 radical (unpaired) electrons. The second kappa shape index (κ2) is 4.34. The maximum Gasteiger partial charge on any atom is 0.150 e. The van der Waals surface area contributed by atoms with Gasteiger partial charge in [-0.05, 0) is 32.8 Å². The molecule has 1 saturated heterocycles. The first-order chi connectivity index (χ1) is 6.41. The first kappa shape index (κ1) is 11.6. The summed E-state index contributed by atoms with van der Waals surface area (Å²) in [5.74, 6) is 0.765. The molecule has 0 aliphatic carbocycles. The molecule has 1 aliphatic heterocycles. The minimum atomic E-state index is -2.78. The van der Waals surface area contributed by atoms with Crippen LogP contribution in [0.3, 0.4) is 0 Å². The fourth-order valence-corrected chi connectivity index (χ4v) is 3.47. The Bertz CT molecular complexity index is 312. The third kappa shape index (κ3) is 3.33. The van der Waals surface area contributed by atoms with Gasteiger partial charge in [0.1, 0.15) is 0 Å². The average Bonchev–Trinajstić information content (AvgIpc) is 2.41. The molecule has 2 unspecified atom stereocenters. The zero-order valence-electron chi connectivity index (χ0n) is 8.99. The molecule has 82 valence electrons. The lowest BCUT2D eigenvalue weighted by Crippen LogP contribution is -2.20. The summed E-state index contributed by atoms with van der Waals surface area (Å²) in [5.41, 5.74) is 1.10. The smallest absolute Gasteiger partial charge is 0.150 e. The van der Waals surface area contributed by atoms with Crippen LogP contribution in [0, 0.1) is 5.92 Å². The van der Waals surface area contributed by atoms with E-state index in [0.717, 1.165) is 12.0 Å². The molecule has 0 aromatic carbocycles. The lowest BCUT2D eigenvalue weighted by Gasteiger charge is -2.17. The summed E-state index contributed by atoms with van der Waals surface area (Å²) in [6, 6.07) is 0. The van der Waals surface area contributed by atoms with Crippen LogP contribution >= 0.6 is 0 Å². The van der Waals surface area contributed by atoms with E-state index in [0.29, 0.717) is 5.75 Å². The van der Waals surface area contributed by atoms with E-state index in [1.807, 2.05) is 20.8 Å². The molecular formula is C10H18O3S. The van der Waals surface area contributed by atoms with E-state index < -0.39 is 9.84 Å². The number of ether oxygens (including phenoxy) is 1. The summed E-state index contributed by atoms with van der Waals surface area (Å²) in [7, 11) is -2.78. The summed E-state index contributed by atoms with van der Waals surface area (Å²) >= 11 is 0. The number of hydrogen-bond acceptors (Lipinski definition) is 3. The van der Waals surface area contributed by atoms with Crippen molar-refractivity contribution in [1.82, 2.24) is 0 Å². The van der Waals surface area contributed by atoms with E-state index >= 15 is 0 Å². The van der Waals surface area contributed by atoms with Gasteiger partial charge >= 0.3 is 0 Å². The van der Waals surface area contributed by atoms with Crippen molar-refractivity contribution in [3.05, 3.63) is 11.8 Å². The number of sulfone groups is 1. The lowest BCUT2D eigenvalue weighted by atomic mass is 10.0. The van der Waals surface area contributed by atoms with E-state index in [4.69, 9.17) is 4.74 Å². The van der Waals surface area contributed by atoms with Gasteiger partial charge in [-0.15, -0.1) is 0 Å². The molecule has 0 N–H and O–H groups in total. The van der Waals surface area contributed by atoms with E-state index in [1.54, 1.807) is 6.26 Å². The summed E-state index contributed by atoms with van der Waals surface area (Å²) in [5, 5.41) is 0. The number of rotatable bonds is 3. The quantitative estimate of drug-likeness (QED) is 0.678. The Morgan fingerprint density at radius 1 is 1.50 bits per heavy atom. The van der Waals surface area contributed by atoms with Gasteiger partial charge in [-0.2, -0.15) is 0 Å². The van der Waals surface area contributed by atoms with Crippen LogP contribution in [0.2, 0.25) is 0 Å². The molecule has 0 saturated carbocycles. The van der Waals surface area contributed by atoms with E-state index in [1.165, 1.54) is 0 Å². The van der Waals surface area contributed by atoms with Crippen molar-refractivity contribution < 1.29 is 13.2 Å². The van der Waals surface area contributed by atoms with Gasteiger partial charge in [-0.1, -0.05) is 0 Å². The van der Waals surface area contributed by atoms with E-state index in [2.05, 4.69) is 0 Å². The topological polar surface area (TPSA) is 43.4 Å². The molecule has 3 nitrogen and oxygen atoms in total. The SMILES string of the molecule is CC(C)=COC(C)C1CCS(=O)(=O)C1. The highest BCUT2D eigenvalue weighted by Crippen LogP contribution is 2.23. The van der Waals surface area contributed by atoms with Crippen molar-refractivity contribution in [1.29, 1.82) is 0 Å². The fourth-order valence-electron chi connectivity index (χ4n) is 1.55. The van der Waals surface area contributed by atoms with E-state index in [9.17, 15) is 8.42 Å². The highest BCUT2D eigenvalue weighted by Gasteiger charge is 2.32. The zero-order valence-corrected chi connectivity index (χ0v) is 9.80. The largest absolute Gasteiger partial charge is 0.498 e. The molecule has 0 aromatic rings. The normalized spacial score (nSPS) is 26.9. The first-order valence-corrected chi connectivity index (χ1v) is 6.72. The summed E-state index contributed by atoms with van der Waals surface area (Å²) in [6.45, 7) is 5.85. The van der Waals surface area contributed by atoms with Gasteiger partial charge in [0.25, 0.3) is 0 Å². The molecule has 0 aromatic heterocycles. The third-order valence-electron chi connectivity index (χ3n) is 2.45. The van der Waals surface area contributed by atoms with Crippen molar-refractivity contribution in [2.45, 2.75) is 33.3 Å². The zero-order chi connectivity index (χ0) is 10.8. The van der Waals surface area contributed by atoms with Gasteiger partial charge in [0.05, 0.1) is 23.9 Å². The Balaban J connectivity index is 2.48. The predicted molar refractivity (Wildman–Crippen MR) is 56.7 cm³/mol. The van der Waals surface area contributed by atoms with E-state index in [-0.39, 0.29) is 17.8 Å². The fraction of sp³-hybridized carbons (Fsp3) is 0.800. The highest BCUT2D eigenvalue weighted by molar-refractivity contribution is 7.91. The molecule has 0 spiro atoms. The van der Waals surface area contributed by atoms with Crippen molar-refractivity contribution in [3.63, 3.8) is 0 Å². The minimum absolute atomic E-state index is 0.00201. The Hall–Kier alpha value is -0.510. The Morgan fingerprint density at radius 3 is 2.57 bits per heavy atom. The van der Waals surface area contributed by atoms with Crippen LogP contribution in [0.15, 0.2) is 11.8 Å². The number of hydrogen-bond donors (Lipinski definition) is 0. The molecule has 4 heteroatoms. The molecule has 0 amide bonds. The van der Waals surface area contributed by atoms with Crippen LogP contribution in [0.5, 0.6) is 0 Å². The molecule has 0 bridgehead atoms. The van der Waals surface area contributed by atoms with Crippen molar-refractivity contribution >= 4 is 9.84 Å². The van der Waals surface area contributed by atoms with Crippen LogP contribution in [-0.4, -0.2) is 26.0 Å². The van der Waals surface area contributed by atoms with Gasteiger partial charge in [-0.25, -0.2) is 8.42 Å². The number of allylic oxidation sites excluding steroid dienone is 1. The second-order valence-corrected chi connectivity index (χ2v) is 6.43. The monoisotopic (exact) mass is 218 g/mol. The van der Waals surface area contributed by atoms with Gasteiger partial charge in [0.2, 0.25) is 0 Å². The lowest BCUT2D eigenvalue weighted by molar-refractivity contribution is 0.111. The Morgan fingerprint density at radius 2 is 2.14 bits per heavy atom. The standard InChI is InChI=1S/C10H18O3S/c1-8(2)6-13-9(3)10-4-5-14(11,12)7-10/h6,9-10H,4-5,7H2,1-3H3. The van der Waals surface area contributed by atoms with Crippen LogP contribution in [0.1, 0.15) is 27.2 Å². The molecule has 1 rings (SSSR count). The van der Waals surface area contributed by atoms with Gasteiger partial charge in [0, 0.05) is 5.92 Å². The molecule has 1 aliphatic rings. The Kier molecular flexibility index (Phi) is 3.59. The first-order valence-electron chi connectivity index (χ1n) is 4.90. The summed E-state index contributed by atoms with van der Waals surface area (Å²) in [4.78, 5) is 0. The van der Waals surface area contributed by atoms with Crippen LogP contribution < -0.4 is 0 Å². The van der Waals surface area contributed by atoms with Gasteiger partial charge in [-0.3, -0.25) is 0 Å². The van der Waals surface area contributed by atoms with Crippen LogP contribution in [0.25, 0.3) is 0 Å². The van der Waals surface area contributed by atoms with Crippen LogP contribution in [0.4, 0.5) is 0 Å². The molecular weight excluding hydrogens is 200 g/mol. The highest BCUT2D eigenvalue weighted by atomic mass is 32.2. The van der Waals surface area contributed by atoms with Crippen molar-refractivity contribution in [2.75, 3.05) is 11.5 Å². The minimum Gasteiger partial charge on any atom is -0.498 e. The van der Waals surface area contributed by atoms with Crippen molar-refractivity contribution in [2.24, 2.45) is 5.92 Å². The van der Waals surface area contributed by atoms with Gasteiger partial charge in [0.15, 0.2) is 9.84 Å². The second-order valence-electron chi connectivity index (χ2n) is 4.20. The predicted octanol–water partition coefficient (Wildman–Crippen LogP) is 1.75. The van der Waals surface area contributed by atoms with Gasteiger partial charge < -0.3 is 4.74 Å². The molecule has 1 heterocycles. The summed E-state index contributed by atoms with van der Waals surface area (Å²) in [6.07, 6.45) is 2.44. The molecule has 2 atom stereocenters. The van der Waals surface area contributed by atoms with Crippen LogP contribution in [-0.2, 0) is 14.6 Å². The molecule has 1 fully saturated rings. The maximum absolute atomic E-state index is 11.2. The van der Waals surface area contributed by atoms with Crippen molar-refractivity contribution in [3.8, 4) is 0 Å². The third-order valence-corrected chi connectivity index (χ3v) is 4.24.